The quantitative estimate of drug-likeness (QED) is 0.819. The van der Waals surface area contributed by atoms with Crippen LogP contribution in [0.1, 0.15) is 4.88 Å². The summed E-state index contributed by atoms with van der Waals surface area (Å²) in [6, 6.07) is 1.95. The molecule has 0 unspecified atom stereocenters. The zero-order valence-electron chi connectivity index (χ0n) is 9.40. The van der Waals surface area contributed by atoms with Crippen LogP contribution in [0.25, 0.3) is 0 Å². The van der Waals surface area contributed by atoms with Crippen molar-refractivity contribution in [2.24, 2.45) is 0 Å². The van der Waals surface area contributed by atoms with Gasteiger partial charge in [-0.1, -0.05) is 0 Å². The fourth-order valence-electron chi connectivity index (χ4n) is 1.08. The number of thiophene rings is 1. The average molecular weight is 340 g/mol. The third-order valence-corrected chi connectivity index (χ3v) is 4.79. The minimum absolute atomic E-state index is 0.0376. The van der Waals surface area contributed by atoms with Crippen LogP contribution in [-0.4, -0.2) is 35.3 Å². The van der Waals surface area contributed by atoms with Gasteiger partial charge in [0, 0.05) is 38.4 Å². The highest BCUT2D eigenvalue weighted by Gasteiger charge is 2.08. The molecule has 0 aliphatic rings. The Balaban J connectivity index is 2.23. The molecule has 0 bridgehead atoms. The van der Waals surface area contributed by atoms with E-state index >= 15 is 0 Å². The van der Waals surface area contributed by atoms with E-state index in [2.05, 4.69) is 21.2 Å². The highest BCUT2D eigenvalue weighted by atomic mass is 79.9. The molecular weight excluding hydrogens is 326 g/mol. The first-order valence-corrected chi connectivity index (χ1v) is 8.11. The summed E-state index contributed by atoms with van der Waals surface area (Å²) in [5.41, 5.74) is 0. The van der Waals surface area contributed by atoms with Crippen LogP contribution in [0.3, 0.4) is 0 Å². The third kappa shape index (κ3) is 6.30. The molecule has 1 aromatic rings. The van der Waals surface area contributed by atoms with Crippen molar-refractivity contribution in [3.8, 4) is 0 Å². The van der Waals surface area contributed by atoms with Gasteiger partial charge in [-0.05, 0) is 22.0 Å². The Morgan fingerprint density at radius 3 is 3.00 bits per heavy atom. The predicted octanol–water partition coefficient (Wildman–Crippen LogP) is 1.52. The molecule has 1 rings (SSSR count). The van der Waals surface area contributed by atoms with Crippen LogP contribution in [0.15, 0.2) is 15.9 Å². The van der Waals surface area contributed by atoms with Gasteiger partial charge in [-0.3, -0.25) is 9.00 Å². The van der Waals surface area contributed by atoms with Gasteiger partial charge in [0.1, 0.15) is 5.75 Å². The van der Waals surface area contributed by atoms with Crippen LogP contribution >= 0.6 is 27.3 Å². The Kier molecular flexibility index (Phi) is 6.94. The molecule has 0 spiro atoms. The lowest BCUT2D eigenvalue weighted by Gasteiger charge is -2.03. The molecule has 0 aromatic carbocycles. The number of rotatable bonds is 7. The zero-order chi connectivity index (χ0) is 12.7. The molecule has 7 heteroatoms. The molecule has 4 nitrogen and oxygen atoms in total. The van der Waals surface area contributed by atoms with Gasteiger partial charge in [0.25, 0.3) is 0 Å². The molecule has 0 fully saturated rings. The summed E-state index contributed by atoms with van der Waals surface area (Å²) < 4.78 is 17.2. The molecular formula is C10H14BrNO3S2. The van der Waals surface area contributed by atoms with Crippen LogP contribution in [0.5, 0.6) is 0 Å². The summed E-state index contributed by atoms with van der Waals surface area (Å²) in [6.07, 6.45) is 0. The molecule has 0 radical (unpaired) electrons. The summed E-state index contributed by atoms with van der Waals surface area (Å²) >= 11 is 4.91. The second kappa shape index (κ2) is 7.97. The first kappa shape index (κ1) is 14.8. The summed E-state index contributed by atoms with van der Waals surface area (Å²) in [5, 5.41) is 4.69. The number of hydrogen-bond acceptors (Lipinski definition) is 4. The topological polar surface area (TPSA) is 55.4 Å². The maximum atomic E-state index is 11.4. The van der Waals surface area contributed by atoms with Crippen LogP contribution in [0.2, 0.25) is 0 Å². The Morgan fingerprint density at radius 2 is 2.41 bits per heavy atom. The van der Waals surface area contributed by atoms with Gasteiger partial charge < -0.3 is 10.1 Å². The molecule has 96 valence electrons. The number of hydrogen-bond donors (Lipinski definition) is 1. The van der Waals surface area contributed by atoms with Gasteiger partial charge in [-0.15, -0.1) is 11.3 Å². The van der Waals surface area contributed by atoms with Crippen molar-refractivity contribution >= 4 is 44.0 Å². The van der Waals surface area contributed by atoms with Gasteiger partial charge in [-0.2, -0.15) is 0 Å². The smallest absolute Gasteiger partial charge is 0.232 e. The number of carbonyl (C=O) groups excluding carboxylic acids is 1. The zero-order valence-corrected chi connectivity index (χ0v) is 12.6. The van der Waals surface area contributed by atoms with E-state index < -0.39 is 10.8 Å². The molecule has 17 heavy (non-hydrogen) atoms. The number of methoxy groups -OCH3 is 1. The largest absolute Gasteiger partial charge is 0.384 e. The monoisotopic (exact) mass is 339 g/mol. The lowest BCUT2D eigenvalue weighted by Crippen LogP contribution is -2.28. The normalized spacial score (nSPS) is 12.4. The number of carbonyl (C=O) groups is 1. The number of halogens is 1. The highest BCUT2D eigenvalue weighted by molar-refractivity contribution is 9.10. The minimum Gasteiger partial charge on any atom is -0.384 e. The number of ether oxygens (including phenoxy) is 1. The van der Waals surface area contributed by atoms with Crippen molar-refractivity contribution < 1.29 is 13.7 Å². The fourth-order valence-corrected chi connectivity index (χ4v) is 3.36. The highest BCUT2D eigenvalue weighted by Crippen LogP contribution is 2.19. The Hall–Kier alpha value is -0.240. The maximum Gasteiger partial charge on any atom is 0.232 e. The first-order valence-electron chi connectivity index (χ1n) is 4.95. The molecule has 1 amide bonds. The van der Waals surface area contributed by atoms with Crippen molar-refractivity contribution in [2.75, 3.05) is 25.2 Å². The lowest BCUT2D eigenvalue weighted by atomic mass is 10.4. The van der Waals surface area contributed by atoms with Gasteiger partial charge in [0.05, 0.1) is 13.2 Å². The van der Waals surface area contributed by atoms with E-state index in [1.807, 2.05) is 11.4 Å². The second-order valence-corrected chi connectivity index (χ2v) is 6.78. The van der Waals surface area contributed by atoms with E-state index in [9.17, 15) is 9.00 Å². The molecule has 0 aliphatic heterocycles. The van der Waals surface area contributed by atoms with Crippen molar-refractivity contribution in [1.82, 2.24) is 5.32 Å². The van der Waals surface area contributed by atoms with E-state index in [4.69, 9.17) is 4.74 Å². The predicted molar refractivity (Wildman–Crippen MR) is 73.6 cm³/mol. The van der Waals surface area contributed by atoms with Gasteiger partial charge in [0.2, 0.25) is 5.91 Å². The molecule has 0 saturated heterocycles. The molecule has 1 heterocycles. The summed E-state index contributed by atoms with van der Waals surface area (Å²) in [5.74, 6) is 0.244. The minimum atomic E-state index is -1.15. The lowest BCUT2D eigenvalue weighted by molar-refractivity contribution is -0.118. The molecule has 1 N–H and O–H groups in total. The van der Waals surface area contributed by atoms with E-state index in [-0.39, 0.29) is 11.7 Å². The third-order valence-electron chi connectivity index (χ3n) is 1.89. The Bertz CT molecular complexity index is 395. The average Bonchev–Trinajstić information content (AvgIpc) is 2.70. The van der Waals surface area contributed by atoms with Crippen molar-refractivity contribution in [1.29, 1.82) is 0 Å². The number of nitrogens with one attached hydrogen (secondary N) is 1. The van der Waals surface area contributed by atoms with Crippen LogP contribution < -0.4 is 5.32 Å². The molecule has 1 aromatic heterocycles. The molecule has 0 aliphatic carbocycles. The van der Waals surface area contributed by atoms with Crippen LogP contribution in [0.4, 0.5) is 0 Å². The standard InChI is InChI=1S/C10H14BrNO3S2/c1-15-2-3-17(14)7-10(13)12-5-9-4-8(11)6-16-9/h4,6H,2-3,5,7H2,1H3,(H,12,13)/t17-/m0/s1. The van der Waals surface area contributed by atoms with E-state index in [0.29, 0.717) is 18.9 Å². The van der Waals surface area contributed by atoms with Gasteiger partial charge in [0.15, 0.2) is 0 Å². The SMILES string of the molecule is COCC[S@](=O)CC(=O)NCc1cc(Br)cs1. The second-order valence-electron chi connectivity index (χ2n) is 3.29. The van der Waals surface area contributed by atoms with E-state index in [1.54, 1.807) is 18.4 Å². The van der Waals surface area contributed by atoms with E-state index in [1.165, 1.54) is 0 Å². The first-order chi connectivity index (χ1) is 8.11. The van der Waals surface area contributed by atoms with Gasteiger partial charge in [-0.25, -0.2) is 0 Å². The van der Waals surface area contributed by atoms with Crippen molar-refractivity contribution in [3.63, 3.8) is 0 Å². The maximum absolute atomic E-state index is 11.4. The Labute approximate surface area is 115 Å². The number of amides is 1. The molecule has 0 saturated carbocycles. The Morgan fingerprint density at radius 1 is 1.65 bits per heavy atom. The summed E-state index contributed by atoms with van der Waals surface area (Å²) in [4.78, 5) is 12.5. The fraction of sp³-hybridized carbons (Fsp3) is 0.500. The van der Waals surface area contributed by atoms with Gasteiger partial charge >= 0.3 is 0 Å². The van der Waals surface area contributed by atoms with Crippen molar-refractivity contribution in [2.45, 2.75) is 6.54 Å². The van der Waals surface area contributed by atoms with Crippen LogP contribution in [0, 0.1) is 0 Å². The van der Waals surface area contributed by atoms with Crippen molar-refractivity contribution in [3.05, 3.63) is 20.8 Å². The summed E-state index contributed by atoms with van der Waals surface area (Å²) in [6.45, 7) is 0.897. The van der Waals surface area contributed by atoms with Crippen LogP contribution in [-0.2, 0) is 26.9 Å². The molecule has 1 atom stereocenters. The summed E-state index contributed by atoms with van der Waals surface area (Å²) in [7, 11) is 0.402. The van der Waals surface area contributed by atoms with E-state index in [0.717, 1.165) is 9.35 Å².